The number of rotatable bonds is 1. The lowest BCUT2D eigenvalue weighted by molar-refractivity contribution is -0.144. The van der Waals surface area contributed by atoms with E-state index in [1.54, 1.807) is 0 Å². The van der Waals surface area contributed by atoms with Crippen LogP contribution in [0.25, 0.3) is 11.3 Å². The van der Waals surface area contributed by atoms with Crippen LogP contribution < -0.4 is 0 Å². The number of alkyl halides is 6. The summed E-state index contributed by atoms with van der Waals surface area (Å²) in [7, 11) is 0. The van der Waals surface area contributed by atoms with E-state index >= 15 is 0 Å². The minimum Gasteiger partial charge on any atom is -0.224 e. The molecule has 0 saturated carbocycles. The zero-order chi connectivity index (χ0) is 15.8. The lowest BCUT2D eigenvalue weighted by Crippen LogP contribution is -2.13. The fourth-order valence-electron chi connectivity index (χ4n) is 1.64. The highest BCUT2D eigenvalue weighted by atomic mass is 35.5. The van der Waals surface area contributed by atoms with Gasteiger partial charge < -0.3 is 0 Å². The van der Waals surface area contributed by atoms with Gasteiger partial charge in [-0.1, -0.05) is 29.8 Å². The normalized spacial score (nSPS) is 12.5. The van der Waals surface area contributed by atoms with Gasteiger partial charge in [-0.05, 0) is 6.07 Å². The molecule has 21 heavy (non-hydrogen) atoms. The number of benzene rings is 1. The summed E-state index contributed by atoms with van der Waals surface area (Å²) in [4.78, 5) is 6.10. The maximum Gasteiger partial charge on any atom is 0.451 e. The van der Waals surface area contributed by atoms with Gasteiger partial charge in [-0.3, -0.25) is 0 Å². The van der Waals surface area contributed by atoms with Gasteiger partial charge in [0.2, 0.25) is 5.82 Å². The molecule has 0 aliphatic heterocycles. The molecule has 1 heterocycles. The van der Waals surface area contributed by atoms with E-state index in [0.717, 1.165) is 24.3 Å². The van der Waals surface area contributed by atoms with Gasteiger partial charge in [0.05, 0.1) is 11.3 Å². The van der Waals surface area contributed by atoms with Crippen LogP contribution in [0.5, 0.6) is 0 Å². The Bertz CT molecular complexity index is 666. The summed E-state index contributed by atoms with van der Waals surface area (Å²) in [5.41, 5.74) is -2.15. The summed E-state index contributed by atoms with van der Waals surface area (Å²) in [5.74, 6) is -1.60. The zero-order valence-electron chi connectivity index (χ0n) is 9.93. The minimum atomic E-state index is -4.91. The van der Waals surface area contributed by atoms with Crippen molar-refractivity contribution >= 4 is 11.6 Å². The standard InChI is InChI=1S/C12H5ClF6N2/c13-9-5-8(20-10(21-9)12(17,18)19)6-3-1-2-4-7(6)11(14,15)16/h1-5H. The van der Waals surface area contributed by atoms with Gasteiger partial charge >= 0.3 is 12.4 Å². The van der Waals surface area contributed by atoms with Crippen molar-refractivity contribution in [1.29, 1.82) is 0 Å². The fraction of sp³-hybridized carbons (Fsp3) is 0.167. The van der Waals surface area contributed by atoms with Crippen molar-refractivity contribution in [2.75, 3.05) is 0 Å². The molecule has 1 aromatic carbocycles. The largest absolute Gasteiger partial charge is 0.451 e. The molecule has 0 unspecified atom stereocenters. The molecular weight excluding hydrogens is 322 g/mol. The van der Waals surface area contributed by atoms with Crippen LogP contribution in [0.4, 0.5) is 26.3 Å². The van der Waals surface area contributed by atoms with Gasteiger partial charge in [0.1, 0.15) is 5.15 Å². The van der Waals surface area contributed by atoms with E-state index in [1.807, 2.05) is 0 Å². The molecule has 112 valence electrons. The maximum atomic E-state index is 12.9. The third-order valence-corrected chi connectivity index (χ3v) is 2.65. The molecule has 2 rings (SSSR count). The Hall–Kier alpha value is -1.83. The summed E-state index contributed by atoms with van der Waals surface area (Å²) >= 11 is 5.44. The van der Waals surface area contributed by atoms with Crippen molar-refractivity contribution in [3.05, 3.63) is 46.9 Å². The summed E-state index contributed by atoms with van der Waals surface area (Å²) in [6, 6.07) is 5.00. The number of halogens is 7. The quantitative estimate of drug-likeness (QED) is 0.554. The lowest BCUT2D eigenvalue weighted by Gasteiger charge is -2.13. The second kappa shape index (κ2) is 5.18. The van der Waals surface area contributed by atoms with Crippen molar-refractivity contribution in [2.24, 2.45) is 0 Å². The van der Waals surface area contributed by atoms with E-state index < -0.39 is 40.2 Å². The molecule has 0 radical (unpaired) electrons. The molecule has 1 aromatic heterocycles. The molecule has 2 aromatic rings. The second-order valence-electron chi connectivity index (χ2n) is 3.94. The van der Waals surface area contributed by atoms with Crippen LogP contribution >= 0.6 is 11.6 Å². The van der Waals surface area contributed by atoms with E-state index in [0.29, 0.717) is 0 Å². The van der Waals surface area contributed by atoms with Crippen molar-refractivity contribution in [1.82, 2.24) is 9.97 Å². The van der Waals surface area contributed by atoms with Gasteiger partial charge in [-0.15, -0.1) is 0 Å². The maximum absolute atomic E-state index is 12.9. The Kier molecular flexibility index (Phi) is 3.83. The molecule has 2 nitrogen and oxygen atoms in total. The Morgan fingerprint density at radius 3 is 2.05 bits per heavy atom. The summed E-state index contributed by atoms with van der Waals surface area (Å²) < 4.78 is 76.4. The first-order valence-electron chi connectivity index (χ1n) is 5.37. The van der Waals surface area contributed by atoms with Crippen molar-refractivity contribution in [3.8, 4) is 11.3 Å². The second-order valence-corrected chi connectivity index (χ2v) is 4.33. The van der Waals surface area contributed by atoms with Crippen molar-refractivity contribution in [3.63, 3.8) is 0 Å². The Balaban J connectivity index is 2.66. The molecule has 0 amide bonds. The fourth-order valence-corrected chi connectivity index (χ4v) is 1.82. The average molecular weight is 327 g/mol. The van der Waals surface area contributed by atoms with E-state index in [1.165, 1.54) is 6.07 Å². The van der Waals surface area contributed by atoms with Gasteiger partial charge in [0, 0.05) is 11.6 Å². The Morgan fingerprint density at radius 2 is 1.48 bits per heavy atom. The zero-order valence-corrected chi connectivity index (χ0v) is 10.7. The van der Waals surface area contributed by atoms with E-state index in [4.69, 9.17) is 11.6 Å². The molecule has 0 fully saturated rings. The predicted octanol–water partition coefficient (Wildman–Crippen LogP) is 4.83. The minimum absolute atomic E-state index is 0.500. The van der Waals surface area contributed by atoms with Gasteiger partial charge in [-0.2, -0.15) is 26.3 Å². The number of hydrogen-bond donors (Lipinski definition) is 0. The van der Waals surface area contributed by atoms with Crippen LogP contribution in [0, 0.1) is 0 Å². The molecule has 0 bridgehead atoms. The molecule has 0 spiro atoms. The van der Waals surface area contributed by atoms with Crippen LogP contribution in [-0.4, -0.2) is 9.97 Å². The molecular formula is C12H5ClF6N2. The third kappa shape index (κ3) is 3.44. The SMILES string of the molecule is FC(F)(F)c1nc(Cl)cc(-c2ccccc2C(F)(F)F)n1. The third-order valence-electron chi connectivity index (χ3n) is 2.46. The van der Waals surface area contributed by atoms with Crippen LogP contribution in [0.3, 0.4) is 0 Å². The van der Waals surface area contributed by atoms with Crippen molar-refractivity contribution in [2.45, 2.75) is 12.4 Å². The van der Waals surface area contributed by atoms with E-state index in [9.17, 15) is 26.3 Å². The summed E-state index contributed by atoms with van der Waals surface area (Å²) in [6.45, 7) is 0. The van der Waals surface area contributed by atoms with Crippen molar-refractivity contribution < 1.29 is 26.3 Å². The first-order chi connectivity index (χ1) is 9.59. The van der Waals surface area contributed by atoms with E-state index in [-0.39, 0.29) is 0 Å². The van der Waals surface area contributed by atoms with Gasteiger partial charge in [-0.25, -0.2) is 9.97 Å². The topological polar surface area (TPSA) is 25.8 Å². The van der Waals surface area contributed by atoms with Crippen LogP contribution in [0.2, 0.25) is 5.15 Å². The van der Waals surface area contributed by atoms with Crippen LogP contribution in [-0.2, 0) is 12.4 Å². The molecule has 0 N–H and O–H groups in total. The summed E-state index contributed by atoms with van der Waals surface area (Å²) in [6.07, 6.45) is -9.64. The Morgan fingerprint density at radius 1 is 0.857 bits per heavy atom. The molecule has 0 aliphatic rings. The van der Waals surface area contributed by atoms with Crippen LogP contribution in [0.1, 0.15) is 11.4 Å². The van der Waals surface area contributed by atoms with E-state index in [2.05, 4.69) is 9.97 Å². The Labute approximate surface area is 119 Å². The highest BCUT2D eigenvalue weighted by molar-refractivity contribution is 6.29. The van der Waals surface area contributed by atoms with Gasteiger partial charge in [0.25, 0.3) is 0 Å². The summed E-state index contributed by atoms with van der Waals surface area (Å²) in [5, 5.41) is -0.593. The monoisotopic (exact) mass is 326 g/mol. The molecule has 0 aliphatic carbocycles. The molecule has 0 atom stereocenters. The first-order valence-corrected chi connectivity index (χ1v) is 5.75. The molecule has 9 heteroatoms. The number of aromatic nitrogens is 2. The smallest absolute Gasteiger partial charge is 0.224 e. The van der Waals surface area contributed by atoms with Gasteiger partial charge in [0.15, 0.2) is 0 Å². The highest BCUT2D eigenvalue weighted by Gasteiger charge is 2.37. The predicted molar refractivity (Wildman–Crippen MR) is 62.5 cm³/mol. The first kappa shape index (κ1) is 15.6. The number of nitrogens with zero attached hydrogens (tertiary/aromatic N) is 2. The average Bonchev–Trinajstić information content (AvgIpc) is 2.36. The molecule has 0 saturated heterocycles. The highest BCUT2D eigenvalue weighted by Crippen LogP contribution is 2.37. The number of hydrogen-bond acceptors (Lipinski definition) is 2. The lowest BCUT2D eigenvalue weighted by atomic mass is 10.0. The van der Waals surface area contributed by atoms with Crippen LogP contribution in [0.15, 0.2) is 30.3 Å².